The highest BCUT2D eigenvalue weighted by Gasteiger charge is 2.13. The molecule has 7 heteroatoms. The first kappa shape index (κ1) is 18.6. The third kappa shape index (κ3) is 3.94. The quantitative estimate of drug-likeness (QED) is 0.516. The lowest BCUT2D eigenvalue weighted by atomic mass is 10.1. The lowest BCUT2D eigenvalue weighted by Crippen LogP contribution is -2.32. The molecule has 1 aromatic carbocycles. The van der Waals surface area contributed by atoms with E-state index in [1.807, 2.05) is 48.1 Å². The summed E-state index contributed by atoms with van der Waals surface area (Å²) in [6.45, 7) is 2.45. The summed E-state index contributed by atoms with van der Waals surface area (Å²) in [5.74, 6) is -0.405. The molecule has 0 aliphatic carbocycles. The average Bonchev–Trinajstić information content (AvgIpc) is 3.13. The maximum atomic E-state index is 12.5. The van der Waals surface area contributed by atoms with Crippen molar-refractivity contribution in [3.05, 3.63) is 94.3 Å². The van der Waals surface area contributed by atoms with Gasteiger partial charge >= 0.3 is 0 Å². The van der Waals surface area contributed by atoms with Crippen LogP contribution in [-0.2, 0) is 6.42 Å². The van der Waals surface area contributed by atoms with Crippen molar-refractivity contribution < 1.29 is 4.79 Å². The number of hydrogen-bond donors (Lipinski definition) is 1. The van der Waals surface area contributed by atoms with Crippen LogP contribution in [-0.4, -0.2) is 31.6 Å². The van der Waals surface area contributed by atoms with Crippen molar-refractivity contribution in [1.82, 2.24) is 24.5 Å². The summed E-state index contributed by atoms with van der Waals surface area (Å²) in [5, 5.41) is 7.37. The van der Waals surface area contributed by atoms with Crippen LogP contribution >= 0.6 is 0 Å². The van der Waals surface area contributed by atoms with Crippen molar-refractivity contribution in [2.75, 3.05) is 6.54 Å². The molecule has 1 N–H and O–H groups in total. The molecule has 0 unspecified atom stereocenters. The summed E-state index contributed by atoms with van der Waals surface area (Å²) < 4.78 is 3.24. The van der Waals surface area contributed by atoms with E-state index in [9.17, 15) is 9.59 Å². The first-order valence-corrected chi connectivity index (χ1v) is 9.48. The van der Waals surface area contributed by atoms with Gasteiger partial charge in [0.05, 0.1) is 11.4 Å². The monoisotopic (exact) mass is 387 g/mol. The number of benzene rings is 1. The Hall–Kier alpha value is -3.74. The van der Waals surface area contributed by atoms with Crippen LogP contribution in [0.15, 0.2) is 71.9 Å². The summed E-state index contributed by atoms with van der Waals surface area (Å²) in [7, 11) is 0. The first-order chi connectivity index (χ1) is 14.1. The van der Waals surface area contributed by atoms with Gasteiger partial charge in [0.2, 0.25) is 0 Å². The third-order valence-electron chi connectivity index (χ3n) is 4.79. The number of hydrogen-bond acceptors (Lipinski definition) is 4. The Balaban J connectivity index is 1.37. The van der Waals surface area contributed by atoms with Crippen LogP contribution in [0, 0.1) is 6.92 Å². The molecule has 0 saturated carbocycles. The number of rotatable bonds is 6. The Kier molecular flexibility index (Phi) is 5.20. The fraction of sp³-hybridized carbons (Fsp3) is 0.182. The van der Waals surface area contributed by atoms with Crippen LogP contribution < -0.4 is 10.9 Å². The summed E-state index contributed by atoms with van der Waals surface area (Å²) in [6, 6.07) is 15.2. The number of amides is 1. The van der Waals surface area contributed by atoms with E-state index in [1.165, 1.54) is 10.6 Å². The summed E-state index contributed by atoms with van der Waals surface area (Å²) in [5.41, 5.74) is 3.31. The second-order valence-corrected chi connectivity index (χ2v) is 6.79. The van der Waals surface area contributed by atoms with Gasteiger partial charge in [0.15, 0.2) is 0 Å². The van der Waals surface area contributed by atoms with Crippen LogP contribution in [0.4, 0.5) is 0 Å². The molecule has 1 amide bonds. The van der Waals surface area contributed by atoms with E-state index >= 15 is 0 Å². The lowest BCUT2D eigenvalue weighted by Gasteiger charge is -2.06. The van der Waals surface area contributed by atoms with Crippen LogP contribution in [0.5, 0.6) is 0 Å². The van der Waals surface area contributed by atoms with Crippen molar-refractivity contribution in [1.29, 1.82) is 0 Å². The minimum atomic E-state index is -0.405. The van der Waals surface area contributed by atoms with Gasteiger partial charge in [0.25, 0.3) is 11.5 Å². The number of carbonyl (C=O) groups is 1. The average molecular weight is 387 g/mol. The van der Waals surface area contributed by atoms with Gasteiger partial charge in [-0.05, 0) is 49.6 Å². The molecule has 0 fully saturated rings. The van der Waals surface area contributed by atoms with Crippen LogP contribution in [0.1, 0.15) is 28.0 Å². The fourth-order valence-electron chi connectivity index (χ4n) is 3.21. The topological polar surface area (TPSA) is 81.3 Å². The van der Waals surface area contributed by atoms with Gasteiger partial charge in [-0.3, -0.25) is 14.0 Å². The second-order valence-electron chi connectivity index (χ2n) is 6.79. The smallest absolute Gasteiger partial charge is 0.270 e. The number of pyridine rings is 1. The molecule has 0 radical (unpaired) electrons. The largest absolute Gasteiger partial charge is 0.352 e. The summed E-state index contributed by atoms with van der Waals surface area (Å²) >= 11 is 0. The molecule has 4 rings (SSSR count). The van der Waals surface area contributed by atoms with Gasteiger partial charge in [0.1, 0.15) is 11.2 Å². The zero-order valence-corrected chi connectivity index (χ0v) is 16.1. The molecule has 0 atom stereocenters. The van der Waals surface area contributed by atoms with E-state index in [4.69, 9.17) is 0 Å². The van der Waals surface area contributed by atoms with E-state index in [-0.39, 0.29) is 11.1 Å². The normalized spacial score (nSPS) is 10.9. The van der Waals surface area contributed by atoms with Crippen molar-refractivity contribution in [2.45, 2.75) is 19.8 Å². The third-order valence-corrected chi connectivity index (χ3v) is 4.79. The number of nitrogens with one attached hydrogen (secondary N) is 1. The van der Waals surface area contributed by atoms with E-state index < -0.39 is 5.91 Å². The molecule has 0 aliphatic rings. The first-order valence-electron chi connectivity index (χ1n) is 9.48. The van der Waals surface area contributed by atoms with Crippen LogP contribution in [0.2, 0.25) is 0 Å². The highest BCUT2D eigenvalue weighted by Crippen LogP contribution is 2.13. The molecule has 0 bridgehead atoms. The van der Waals surface area contributed by atoms with Crippen molar-refractivity contribution >= 4 is 11.6 Å². The minimum absolute atomic E-state index is 0.0433. The molecule has 0 spiro atoms. The lowest BCUT2D eigenvalue weighted by molar-refractivity contribution is 0.0951. The molecular weight excluding hydrogens is 366 g/mol. The van der Waals surface area contributed by atoms with Gasteiger partial charge < -0.3 is 5.32 Å². The van der Waals surface area contributed by atoms with Gasteiger partial charge in [-0.1, -0.05) is 24.3 Å². The molecule has 29 heavy (non-hydrogen) atoms. The second kappa shape index (κ2) is 8.10. The summed E-state index contributed by atoms with van der Waals surface area (Å²) in [4.78, 5) is 29.0. The van der Waals surface area contributed by atoms with Gasteiger partial charge in [-0.2, -0.15) is 5.10 Å². The van der Waals surface area contributed by atoms with E-state index in [0.717, 1.165) is 29.8 Å². The zero-order chi connectivity index (χ0) is 20.2. The van der Waals surface area contributed by atoms with E-state index in [1.54, 1.807) is 24.4 Å². The van der Waals surface area contributed by atoms with Gasteiger partial charge in [-0.15, -0.1) is 0 Å². The molecule has 3 heterocycles. The van der Waals surface area contributed by atoms with Crippen molar-refractivity contribution in [2.24, 2.45) is 0 Å². The van der Waals surface area contributed by atoms with Gasteiger partial charge in [0, 0.05) is 25.1 Å². The number of nitrogens with zero attached hydrogens (tertiary/aromatic N) is 4. The van der Waals surface area contributed by atoms with E-state index in [2.05, 4.69) is 15.4 Å². The standard InChI is InChI=1S/C22H21N5O2/c1-16-17(15-27(25-16)18-9-3-2-4-10-18)8-7-12-23-21(28)19-14-24-20-11-5-6-13-26(20)22(19)29/h2-6,9-11,13-15H,7-8,12H2,1H3,(H,23,28). The number of carbonyl (C=O) groups excluding carboxylic acids is 1. The maximum absolute atomic E-state index is 12.5. The summed E-state index contributed by atoms with van der Waals surface area (Å²) in [6.07, 6.45) is 6.49. The Morgan fingerprint density at radius 2 is 1.90 bits per heavy atom. The molecule has 0 saturated heterocycles. The molecule has 146 valence electrons. The molecule has 7 nitrogen and oxygen atoms in total. The number of aryl methyl sites for hydroxylation is 2. The SMILES string of the molecule is Cc1nn(-c2ccccc2)cc1CCCNC(=O)c1cnc2ccccn2c1=O. The Morgan fingerprint density at radius 1 is 1.10 bits per heavy atom. The highest BCUT2D eigenvalue weighted by molar-refractivity contribution is 5.93. The van der Waals surface area contributed by atoms with E-state index in [0.29, 0.717) is 12.2 Å². The Labute approximate surface area is 167 Å². The maximum Gasteiger partial charge on any atom is 0.270 e. The van der Waals surface area contributed by atoms with Crippen LogP contribution in [0.3, 0.4) is 0 Å². The fourth-order valence-corrected chi connectivity index (χ4v) is 3.21. The number of para-hydroxylation sites is 1. The molecule has 3 aromatic heterocycles. The van der Waals surface area contributed by atoms with Crippen molar-refractivity contribution in [3.8, 4) is 5.69 Å². The minimum Gasteiger partial charge on any atom is -0.352 e. The number of aromatic nitrogens is 4. The number of fused-ring (bicyclic) bond motifs is 1. The predicted molar refractivity (Wildman–Crippen MR) is 110 cm³/mol. The molecule has 4 aromatic rings. The van der Waals surface area contributed by atoms with Crippen molar-refractivity contribution in [3.63, 3.8) is 0 Å². The Morgan fingerprint density at radius 3 is 2.72 bits per heavy atom. The predicted octanol–water partition coefficient (Wildman–Crippen LogP) is 2.55. The zero-order valence-electron chi connectivity index (χ0n) is 16.1. The molecular formula is C22H21N5O2. The van der Waals surface area contributed by atoms with Gasteiger partial charge in [-0.25, -0.2) is 9.67 Å². The highest BCUT2D eigenvalue weighted by atomic mass is 16.2. The molecule has 0 aliphatic heterocycles. The van der Waals surface area contributed by atoms with Crippen LogP contribution in [0.25, 0.3) is 11.3 Å². The Bertz CT molecular complexity index is 1210.